The Balaban J connectivity index is 1.65. The molecule has 0 N–H and O–H groups in total. The lowest BCUT2D eigenvalue weighted by Gasteiger charge is -2.35. The van der Waals surface area contributed by atoms with Crippen LogP contribution < -0.4 is 9.80 Å². The predicted molar refractivity (Wildman–Crippen MR) is 104 cm³/mol. The first-order valence-corrected chi connectivity index (χ1v) is 8.98. The summed E-state index contributed by atoms with van der Waals surface area (Å²) in [5, 5.41) is 16.2. The third kappa shape index (κ3) is 3.24. The molecule has 0 spiro atoms. The Kier molecular flexibility index (Phi) is 4.60. The largest absolute Gasteiger partial charge is 0.355 e. The average Bonchev–Trinajstić information content (AvgIpc) is 3.06. The Morgan fingerprint density at radius 1 is 1.00 bits per heavy atom. The second kappa shape index (κ2) is 7.22. The molecule has 4 heterocycles. The van der Waals surface area contributed by atoms with Crippen LogP contribution in [0.25, 0.3) is 5.82 Å². The number of piperazine rings is 1. The lowest BCUT2D eigenvalue weighted by molar-refractivity contribution is -0.384. The number of pyridine rings is 1. The number of nitro groups is 1. The van der Waals surface area contributed by atoms with Gasteiger partial charge in [0.2, 0.25) is 11.6 Å². The van der Waals surface area contributed by atoms with Crippen molar-refractivity contribution in [3.05, 3.63) is 58.3 Å². The van der Waals surface area contributed by atoms with Crippen LogP contribution in [0.15, 0.2) is 36.8 Å². The molecular formula is C18H20N8O2. The number of aryl methyl sites for hydroxylation is 2. The van der Waals surface area contributed by atoms with E-state index in [4.69, 9.17) is 0 Å². The third-order valence-corrected chi connectivity index (χ3v) is 4.73. The van der Waals surface area contributed by atoms with Crippen molar-refractivity contribution < 1.29 is 4.92 Å². The SMILES string of the molecule is Cc1cc(C)n(-c2ncnc(N3CCN(c4ccccn4)CC3)c2[N+](=O)[O-])n1. The van der Waals surface area contributed by atoms with E-state index in [0.29, 0.717) is 32.0 Å². The first-order valence-electron chi connectivity index (χ1n) is 8.98. The van der Waals surface area contributed by atoms with Gasteiger partial charge in [-0.15, -0.1) is 0 Å². The minimum Gasteiger partial charge on any atom is -0.353 e. The summed E-state index contributed by atoms with van der Waals surface area (Å²) in [5.41, 5.74) is 1.43. The van der Waals surface area contributed by atoms with Gasteiger partial charge in [0.15, 0.2) is 0 Å². The maximum Gasteiger partial charge on any atom is 0.355 e. The van der Waals surface area contributed by atoms with Crippen molar-refractivity contribution in [3.8, 4) is 5.82 Å². The van der Waals surface area contributed by atoms with Gasteiger partial charge in [-0.05, 0) is 32.0 Å². The second-order valence-electron chi connectivity index (χ2n) is 6.63. The Morgan fingerprint density at radius 3 is 2.32 bits per heavy atom. The van der Waals surface area contributed by atoms with Gasteiger partial charge in [0.05, 0.1) is 10.6 Å². The highest BCUT2D eigenvalue weighted by atomic mass is 16.6. The van der Waals surface area contributed by atoms with Gasteiger partial charge in [0.1, 0.15) is 12.1 Å². The summed E-state index contributed by atoms with van der Waals surface area (Å²) >= 11 is 0. The number of anilines is 2. The second-order valence-corrected chi connectivity index (χ2v) is 6.63. The minimum absolute atomic E-state index is 0.125. The van der Waals surface area contributed by atoms with Gasteiger partial charge in [-0.2, -0.15) is 5.10 Å². The summed E-state index contributed by atoms with van der Waals surface area (Å²) in [5.74, 6) is 1.42. The maximum absolute atomic E-state index is 11.9. The van der Waals surface area contributed by atoms with Crippen LogP contribution in [-0.2, 0) is 0 Å². The van der Waals surface area contributed by atoms with Crippen molar-refractivity contribution >= 4 is 17.3 Å². The van der Waals surface area contributed by atoms with Crippen LogP contribution in [0.4, 0.5) is 17.3 Å². The summed E-state index contributed by atoms with van der Waals surface area (Å²) < 4.78 is 1.50. The highest BCUT2D eigenvalue weighted by molar-refractivity contribution is 5.66. The fourth-order valence-electron chi connectivity index (χ4n) is 3.44. The Hall–Kier alpha value is -3.56. The fraction of sp³-hybridized carbons (Fsp3) is 0.333. The van der Waals surface area contributed by atoms with Crippen molar-refractivity contribution in [2.75, 3.05) is 36.0 Å². The molecule has 4 rings (SSSR count). The van der Waals surface area contributed by atoms with Crippen LogP contribution in [-0.4, -0.2) is 55.8 Å². The van der Waals surface area contributed by atoms with Gasteiger partial charge in [-0.25, -0.2) is 19.6 Å². The highest BCUT2D eigenvalue weighted by Gasteiger charge is 2.31. The van der Waals surface area contributed by atoms with Crippen molar-refractivity contribution in [3.63, 3.8) is 0 Å². The summed E-state index contributed by atoms with van der Waals surface area (Å²) in [6, 6.07) is 7.65. The van der Waals surface area contributed by atoms with Crippen molar-refractivity contribution in [1.29, 1.82) is 0 Å². The molecule has 0 aromatic carbocycles. The minimum atomic E-state index is -0.424. The number of hydrogen-bond acceptors (Lipinski definition) is 8. The van der Waals surface area contributed by atoms with Gasteiger partial charge in [-0.3, -0.25) is 10.1 Å². The smallest absolute Gasteiger partial charge is 0.353 e. The molecular weight excluding hydrogens is 360 g/mol. The number of nitrogens with zero attached hydrogens (tertiary/aromatic N) is 8. The molecule has 0 atom stereocenters. The molecule has 3 aromatic rings. The predicted octanol–water partition coefficient (Wildman–Crippen LogP) is 1.91. The molecule has 1 fully saturated rings. The number of rotatable bonds is 4. The Labute approximate surface area is 161 Å². The van der Waals surface area contributed by atoms with Crippen LogP contribution >= 0.6 is 0 Å². The van der Waals surface area contributed by atoms with E-state index in [2.05, 4.69) is 25.0 Å². The molecule has 0 bridgehead atoms. The van der Waals surface area contributed by atoms with Gasteiger partial charge in [0.25, 0.3) is 0 Å². The van der Waals surface area contributed by atoms with E-state index in [9.17, 15) is 10.1 Å². The van der Waals surface area contributed by atoms with E-state index in [1.54, 1.807) is 6.20 Å². The lowest BCUT2D eigenvalue weighted by atomic mass is 10.2. The maximum atomic E-state index is 11.9. The standard InChI is InChI=1S/C18H20N8O2/c1-13-11-14(2)25(22-13)18-16(26(27)28)17(20-12-21-18)24-9-7-23(8-10-24)15-5-3-4-6-19-15/h3-6,11-12H,7-10H2,1-2H3. The monoisotopic (exact) mass is 380 g/mol. The Bertz CT molecular complexity index is 996. The zero-order valence-corrected chi connectivity index (χ0v) is 15.7. The molecule has 10 nitrogen and oxygen atoms in total. The molecule has 3 aromatic heterocycles. The molecule has 28 heavy (non-hydrogen) atoms. The van der Waals surface area contributed by atoms with Crippen LogP contribution in [0.3, 0.4) is 0 Å². The van der Waals surface area contributed by atoms with Crippen molar-refractivity contribution in [2.45, 2.75) is 13.8 Å². The first kappa shape index (κ1) is 17.8. The number of aromatic nitrogens is 5. The molecule has 0 saturated carbocycles. The summed E-state index contributed by atoms with van der Waals surface area (Å²) in [6.45, 7) is 6.29. The van der Waals surface area contributed by atoms with E-state index in [0.717, 1.165) is 17.2 Å². The van der Waals surface area contributed by atoms with E-state index in [1.807, 2.05) is 43.0 Å². The van der Waals surface area contributed by atoms with E-state index in [1.165, 1.54) is 11.0 Å². The normalized spacial score (nSPS) is 14.4. The van der Waals surface area contributed by atoms with Crippen molar-refractivity contribution in [1.82, 2.24) is 24.7 Å². The number of hydrogen-bond donors (Lipinski definition) is 0. The molecule has 0 amide bonds. The zero-order valence-electron chi connectivity index (χ0n) is 15.7. The molecule has 0 unspecified atom stereocenters. The van der Waals surface area contributed by atoms with Crippen LogP contribution in [0, 0.1) is 24.0 Å². The molecule has 0 radical (unpaired) electrons. The van der Waals surface area contributed by atoms with Gasteiger partial charge in [0, 0.05) is 38.1 Å². The summed E-state index contributed by atoms with van der Waals surface area (Å²) in [7, 11) is 0. The Morgan fingerprint density at radius 2 is 1.71 bits per heavy atom. The van der Waals surface area contributed by atoms with Crippen molar-refractivity contribution in [2.24, 2.45) is 0 Å². The quantitative estimate of drug-likeness (QED) is 0.499. The fourth-order valence-corrected chi connectivity index (χ4v) is 3.44. The van der Waals surface area contributed by atoms with Gasteiger partial charge in [-0.1, -0.05) is 6.07 Å². The van der Waals surface area contributed by atoms with Crippen LogP contribution in [0.1, 0.15) is 11.4 Å². The molecule has 144 valence electrons. The van der Waals surface area contributed by atoms with E-state index in [-0.39, 0.29) is 11.5 Å². The van der Waals surface area contributed by atoms with Gasteiger partial charge >= 0.3 is 5.69 Å². The van der Waals surface area contributed by atoms with Crippen LogP contribution in [0.5, 0.6) is 0 Å². The summed E-state index contributed by atoms with van der Waals surface area (Å²) in [6.07, 6.45) is 3.12. The molecule has 1 aliphatic rings. The summed E-state index contributed by atoms with van der Waals surface area (Å²) in [4.78, 5) is 28.3. The molecule has 1 aliphatic heterocycles. The molecule has 0 aliphatic carbocycles. The third-order valence-electron chi connectivity index (χ3n) is 4.73. The zero-order chi connectivity index (χ0) is 19.7. The topological polar surface area (TPSA) is 106 Å². The highest BCUT2D eigenvalue weighted by Crippen LogP contribution is 2.32. The first-order chi connectivity index (χ1) is 13.5. The molecule has 10 heteroatoms. The van der Waals surface area contributed by atoms with E-state index >= 15 is 0 Å². The van der Waals surface area contributed by atoms with Gasteiger partial charge < -0.3 is 9.80 Å². The average molecular weight is 380 g/mol. The van der Waals surface area contributed by atoms with E-state index < -0.39 is 4.92 Å². The van der Waals surface area contributed by atoms with Crippen LogP contribution in [0.2, 0.25) is 0 Å². The molecule has 1 saturated heterocycles. The lowest BCUT2D eigenvalue weighted by Crippen LogP contribution is -2.47.